The Morgan fingerprint density at radius 3 is 2.04 bits per heavy atom. The molecule has 4 rings (SSSR count). The Morgan fingerprint density at radius 2 is 1.51 bits per heavy atom. The number of ether oxygens (including phenoxy) is 2. The lowest BCUT2D eigenvalue weighted by Gasteiger charge is -2.40. The number of alkyl halides is 9. The lowest BCUT2D eigenvalue weighted by atomic mass is 9.89. The molecule has 0 radical (unpaired) electrons. The van der Waals surface area contributed by atoms with Crippen LogP contribution in [0.15, 0.2) is 42.6 Å². The topological polar surface area (TPSA) is 106 Å². The maximum Gasteiger partial charge on any atom is 0.416 e. The number of aromatic nitrogens is 2. The van der Waals surface area contributed by atoms with Crippen molar-refractivity contribution in [2.45, 2.75) is 103 Å². The van der Waals surface area contributed by atoms with Crippen molar-refractivity contribution in [3.05, 3.63) is 76.1 Å². The molecule has 0 saturated carbocycles. The fourth-order valence-electron chi connectivity index (χ4n) is 6.11. The van der Waals surface area contributed by atoms with Crippen LogP contribution in [0.4, 0.5) is 61.6 Å². The Bertz CT molecular complexity index is 1810. The second-order valence-electron chi connectivity index (χ2n) is 14.0. The maximum atomic E-state index is 13.9. The van der Waals surface area contributed by atoms with Crippen molar-refractivity contribution in [2.24, 2.45) is 5.92 Å². The van der Waals surface area contributed by atoms with Crippen LogP contribution in [0.5, 0.6) is 0 Å². The fourth-order valence-corrected chi connectivity index (χ4v) is 6.11. The first kappa shape index (κ1) is 43.0. The summed E-state index contributed by atoms with van der Waals surface area (Å²) in [6, 6.07) is 2.50. The third kappa shape index (κ3) is 10.9. The average Bonchev–Trinajstić information content (AvgIpc) is 3.06. The van der Waals surface area contributed by atoms with Crippen LogP contribution in [0.3, 0.4) is 0 Å². The summed E-state index contributed by atoms with van der Waals surface area (Å²) in [6.07, 6.45) is -14.4. The summed E-state index contributed by atoms with van der Waals surface area (Å²) in [6.45, 7) is 10.0. The number of esters is 1. The van der Waals surface area contributed by atoms with Crippen molar-refractivity contribution in [3.8, 4) is 0 Å². The third-order valence-corrected chi connectivity index (χ3v) is 8.76. The molecule has 0 bridgehead atoms. The van der Waals surface area contributed by atoms with Crippen molar-refractivity contribution < 1.29 is 58.6 Å². The molecule has 0 spiro atoms. The minimum Gasteiger partial charge on any atom is -0.460 e. The minimum absolute atomic E-state index is 0.00174. The monoisotopic (exact) mass is 791 g/mol. The van der Waals surface area contributed by atoms with Gasteiger partial charge in [-0.2, -0.15) is 39.5 Å². The molecule has 2 heterocycles. The van der Waals surface area contributed by atoms with Gasteiger partial charge in [-0.15, -0.1) is 0 Å². The highest BCUT2D eigenvalue weighted by Crippen LogP contribution is 2.43. The number of rotatable bonds is 11. The molecule has 0 fully saturated rings. The van der Waals surface area contributed by atoms with Crippen LogP contribution in [-0.2, 0) is 39.2 Å². The predicted molar refractivity (Wildman–Crippen MR) is 185 cm³/mol. The van der Waals surface area contributed by atoms with Crippen LogP contribution < -0.4 is 15.5 Å². The van der Waals surface area contributed by atoms with Gasteiger partial charge >= 0.3 is 30.6 Å². The number of hydrogen-bond donors (Lipinski definition) is 2. The molecule has 1 aliphatic rings. The number of carbonyl (C=O) groups excluding carboxylic acids is 2. The standard InChI is InChI=1S/C37H42F9N5O4/c1-7-21(31(52)55-34(4,5)6)18-47-29-19-48-32(50-28(29)14-20-12-23(36(41,42)43)15-24(13-20)37(44,45)46)49-27-17-25(8-2)51(33(53)54-9-3)30-11-10-22(16-26(27)30)35(38,39)40/h10-13,15-16,19,21,25,27,47H,7-9,14,17-18H2,1-6H3,(H,48,49,50)/t21?,25-,27+/m1/s1. The summed E-state index contributed by atoms with van der Waals surface area (Å²) in [5.74, 6) is -1.48. The van der Waals surface area contributed by atoms with Gasteiger partial charge in [-0.05, 0) is 94.5 Å². The summed E-state index contributed by atoms with van der Waals surface area (Å²) in [5.41, 5.74) is -5.10. The van der Waals surface area contributed by atoms with Gasteiger partial charge < -0.3 is 20.1 Å². The first-order chi connectivity index (χ1) is 25.4. The number of anilines is 3. The molecular weight excluding hydrogens is 749 g/mol. The average molecular weight is 792 g/mol. The molecule has 18 heteroatoms. The summed E-state index contributed by atoms with van der Waals surface area (Å²) in [7, 11) is 0. The number of carbonyl (C=O) groups is 2. The number of halogens is 9. The summed E-state index contributed by atoms with van der Waals surface area (Å²) in [4.78, 5) is 35.9. The highest BCUT2D eigenvalue weighted by atomic mass is 19.4. The molecule has 3 atom stereocenters. The number of nitrogens with one attached hydrogen (secondary N) is 2. The molecule has 0 aliphatic carbocycles. The second-order valence-corrected chi connectivity index (χ2v) is 14.0. The smallest absolute Gasteiger partial charge is 0.416 e. The van der Waals surface area contributed by atoms with E-state index in [1.165, 1.54) is 11.1 Å². The van der Waals surface area contributed by atoms with Crippen LogP contribution >= 0.6 is 0 Å². The zero-order valence-electron chi connectivity index (χ0n) is 30.9. The van der Waals surface area contributed by atoms with Gasteiger partial charge in [0, 0.05) is 19.0 Å². The number of benzene rings is 2. The summed E-state index contributed by atoms with van der Waals surface area (Å²) >= 11 is 0. The third-order valence-electron chi connectivity index (χ3n) is 8.76. The first-order valence-electron chi connectivity index (χ1n) is 17.5. The molecule has 55 heavy (non-hydrogen) atoms. The fraction of sp³-hybridized carbons (Fsp3) is 0.514. The molecule has 302 valence electrons. The van der Waals surface area contributed by atoms with Crippen molar-refractivity contribution in [1.29, 1.82) is 0 Å². The van der Waals surface area contributed by atoms with Gasteiger partial charge in [-0.3, -0.25) is 9.69 Å². The van der Waals surface area contributed by atoms with Crippen LogP contribution in [-0.4, -0.2) is 46.8 Å². The molecular formula is C37H42F9N5O4. The number of hydrogen-bond acceptors (Lipinski definition) is 8. The second kappa shape index (κ2) is 16.5. The lowest BCUT2D eigenvalue weighted by Crippen LogP contribution is -2.46. The SMILES string of the molecule is CCOC(=O)N1c2ccc(C(F)(F)F)cc2[C@@H](Nc2ncc(NCC(CC)C(=O)OC(C)(C)C)c(Cc3cc(C(F)(F)F)cc(C(F)(F)F)c3)n2)C[C@H]1CC. The number of fused-ring (bicyclic) bond motifs is 1. The van der Waals surface area contributed by atoms with Gasteiger partial charge in [-0.25, -0.2) is 14.8 Å². The van der Waals surface area contributed by atoms with Crippen molar-refractivity contribution in [3.63, 3.8) is 0 Å². The Kier molecular flexibility index (Phi) is 12.9. The molecule has 1 amide bonds. The maximum absolute atomic E-state index is 13.9. The van der Waals surface area contributed by atoms with Gasteiger partial charge in [-0.1, -0.05) is 13.8 Å². The number of nitrogens with zero attached hydrogens (tertiary/aromatic N) is 3. The van der Waals surface area contributed by atoms with E-state index in [1.807, 2.05) is 0 Å². The predicted octanol–water partition coefficient (Wildman–Crippen LogP) is 10.2. The van der Waals surface area contributed by atoms with E-state index in [9.17, 15) is 49.1 Å². The molecule has 9 nitrogen and oxygen atoms in total. The van der Waals surface area contributed by atoms with Crippen LogP contribution in [0, 0.1) is 5.92 Å². The molecule has 2 aromatic carbocycles. The molecule has 1 aliphatic heterocycles. The van der Waals surface area contributed by atoms with Gasteiger partial charge in [0.25, 0.3) is 0 Å². The van der Waals surface area contributed by atoms with Crippen molar-refractivity contribution in [1.82, 2.24) is 9.97 Å². The van der Waals surface area contributed by atoms with Crippen molar-refractivity contribution in [2.75, 3.05) is 28.7 Å². The van der Waals surface area contributed by atoms with Crippen LogP contribution in [0.2, 0.25) is 0 Å². The molecule has 0 saturated heterocycles. The quantitative estimate of drug-likeness (QED) is 0.146. The van der Waals surface area contributed by atoms with E-state index in [4.69, 9.17) is 9.47 Å². The van der Waals surface area contributed by atoms with E-state index >= 15 is 0 Å². The zero-order valence-corrected chi connectivity index (χ0v) is 30.9. The zero-order chi connectivity index (χ0) is 41.1. The number of amides is 1. The molecule has 2 N–H and O–H groups in total. The minimum atomic E-state index is -5.12. The Balaban J connectivity index is 1.81. The van der Waals surface area contributed by atoms with Gasteiger partial charge in [0.05, 0.1) is 58.5 Å². The largest absolute Gasteiger partial charge is 0.460 e. The summed E-state index contributed by atoms with van der Waals surface area (Å²) < 4.78 is 135. The van der Waals surface area contributed by atoms with E-state index in [0.717, 1.165) is 18.2 Å². The molecule has 1 unspecified atom stereocenters. The van der Waals surface area contributed by atoms with E-state index < -0.39 is 82.9 Å². The van der Waals surface area contributed by atoms with E-state index in [0.29, 0.717) is 25.0 Å². The van der Waals surface area contributed by atoms with Gasteiger partial charge in [0.2, 0.25) is 5.95 Å². The van der Waals surface area contributed by atoms with Crippen molar-refractivity contribution >= 4 is 29.4 Å². The lowest BCUT2D eigenvalue weighted by molar-refractivity contribution is -0.159. The van der Waals surface area contributed by atoms with E-state index in [2.05, 4.69) is 20.6 Å². The summed E-state index contributed by atoms with van der Waals surface area (Å²) in [5, 5.41) is 5.96. The molecule has 3 aromatic rings. The Hall–Kier alpha value is -4.77. The first-order valence-corrected chi connectivity index (χ1v) is 17.5. The Labute approximate surface area is 312 Å². The normalized spacial score (nSPS) is 17.0. The molecule has 1 aromatic heterocycles. The van der Waals surface area contributed by atoms with E-state index in [1.54, 1.807) is 41.5 Å². The van der Waals surface area contributed by atoms with Crippen LogP contribution in [0.25, 0.3) is 0 Å². The highest BCUT2D eigenvalue weighted by Gasteiger charge is 2.40. The Morgan fingerprint density at radius 1 is 0.891 bits per heavy atom. The van der Waals surface area contributed by atoms with Gasteiger partial charge in [0.1, 0.15) is 5.60 Å². The van der Waals surface area contributed by atoms with E-state index in [-0.39, 0.29) is 54.2 Å². The van der Waals surface area contributed by atoms with Crippen LogP contribution in [0.1, 0.15) is 100 Å². The van der Waals surface area contributed by atoms with Gasteiger partial charge in [0.15, 0.2) is 0 Å². The highest BCUT2D eigenvalue weighted by molar-refractivity contribution is 5.90.